The molecule has 1 fully saturated rings. The molecule has 2 heteroatoms. The fourth-order valence-corrected chi connectivity index (χ4v) is 3.19. The lowest BCUT2D eigenvalue weighted by atomic mass is 9.95. The molecule has 0 aliphatic heterocycles. The van der Waals surface area contributed by atoms with Crippen molar-refractivity contribution in [2.24, 2.45) is 5.92 Å². The lowest BCUT2D eigenvalue weighted by Crippen LogP contribution is -2.18. The molecule has 1 N–H and O–H groups in total. The van der Waals surface area contributed by atoms with Gasteiger partial charge in [0.05, 0.1) is 0 Å². The number of thiophene rings is 1. The highest BCUT2D eigenvalue weighted by Gasteiger charge is 2.20. The predicted octanol–water partition coefficient (Wildman–Crippen LogP) is 3.59. The number of hydrogen-bond acceptors (Lipinski definition) is 2. The summed E-state index contributed by atoms with van der Waals surface area (Å²) in [6.45, 7) is 0. The van der Waals surface area contributed by atoms with Gasteiger partial charge in [-0.3, -0.25) is 0 Å². The molecule has 78 valence electrons. The van der Waals surface area contributed by atoms with Gasteiger partial charge in [-0.2, -0.15) is 11.3 Å². The second-order valence-electron chi connectivity index (χ2n) is 4.28. The van der Waals surface area contributed by atoms with Crippen LogP contribution in [-0.4, -0.2) is 7.05 Å². The van der Waals surface area contributed by atoms with Crippen molar-refractivity contribution < 1.29 is 0 Å². The van der Waals surface area contributed by atoms with Gasteiger partial charge in [0.25, 0.3) is 0 Å². The van der Waals surface area contributed by atoms with Crippen LogP contribution in [0.4, 0.5) is 0 Å². The van der Waals surface area contributed by atoms with Crippen LogP contribution in [0.1, 0.15) is 43.7 Å². The van der Waals surface area contributed by atoms with E-state index in [1.54, 1.807) is 11.3 Å². The number of hydrogen-bond donors (Lipinski definition) is 1. The van der Waals surface area contributed by atoms with Crippen molar-refractivity contribution in [2.75, 3.05) is 7.05 Å². The zero-order chi connectivity index (χ0) is 9.80. The Morgan fingerprint density at radius 3 is 2.86 bits per heavy atom. The first-order chi connectivity index (χ1) is 6.90. The minimum Gasteiger partial charge on any atom is -0.313 e. The molecule has 1 aromatic rings. The van der Waals surface area contributed by atoms with Crippen LogP contribution in [0.2, 0.25) is 0 Å². The fourth-order valence-electron chi connectivity index (χ4n) is 2.47. The lowest BCUT2D eigenvalue weighted by Gasteiger charge is -2.19. The van der Waals surface area contributed by atoms with Crippen molar-refractivity contribution in [3.8, 4) is 0 Å². The fraction of sp³-hybridized carbons (Fsp3) is 0.667. The van der Waals surface area contributed by atoms with Crippen LogP contribution in [0, 0.1) is 5.92 Å². The van der Waals surface area contributed by atoms with E-state index in [9.17, 15) is 0 Å². The third kappa shape index (κ3) is 2.37. The summed E-state index contributed by atoms with van der Waals surface area (Å²) in [7, 11) is 2.08. The summed E-state index contributed by atoms with van der Waals surface area (Å²) in [5, 5.41) is 7.89. The molecule has 1 heterocycles. The SMILES string of the molecule is CNC(CC1CCCC1)c1ccsc1. The Bertz CT molecular complexity index is 249. The second kappa shape index (κ2) is 4.94. The van der Waals surface area contributed by atoms with Crippen LogP contribution in [0.15, 0.2) is 16.8 Å². The Labute approximate surface area is 90.5 Å². The first kappa shape index (κ1) is 10.2. The molecular formula is C12H19NS. The van der Waals surface area contributed by atoms with Crippen molar-refractivity contribution in [1.82, 2.24) is 5.32 Å². The van der Waals surface area contributed by atoms with E-state index >= 15 is 0 Å². The van der Waals surface area contributed by atoms with Crippen LogP contribution in [0.3, 0.4) is 0 Å². The van der Waals surface area contributed by atoms with Gasteiger partial charge in [-0.1, -0.05) is 25.7 Å². The highest BCUT2D eigenvalue weighted by atomic mass is 32.1. The van der Waals surface area contributed by atoms with Crippen molar-refractivity contribution in [2.45, 2.75) is 38.1 Å². The molecule has 0 spiro atoms. The second-order valence-corrected chi connectivity index (χ2v) is 5.06. The minimum atomic E-state index is 0.587. The van der Waals surface area contributed by atoms with E-state index in [2.05, 4.69) is 29.2 Å². The van der Waals surface area contributed by atoms with Gasteiger partial charge in [0, 0.05) is 6.04 Å². The normalized spacial score (nSPS) is 20.1. The Morgan fingerprint density at radius 2 is 2.29 bits per heavy atom. The Hall–Kier alpha value is -0.340. The summed E-state index contributed by atoms with van der Waals surface area (Å²) in [5.74, 6) is 0.965. The molecule has 1 aliphatic carbocycles. The molecule has 14 heavy (non-hydrogen) atoms. The van der Waals surface area contributed by atoms with Gasteiger partial charge in [-0.25, -0.2) is 0 Å². The third-order valence-electron chi connectivity index (χ3n) is 3.34. The van der Waals surface area contributed by atoms with Crippen LogP contribution >= 0.6 is 11.3 Å². The van der Waals surface area contributed by atoms with Crippen LogP contribution < -0.4 is 5.32 Å². The van der Waals surface area contributed by atoms with E-state index in [-0.39, 0.29) is 0 Å². The summed E-state index contributed by atoms with van der Waals surface area (Å²) in [5.41, 5.74) is 1.48. The van der Waals surface area contributed by atoms with E-state index < -0.39 is 0 Å². The average molecular weight is 209 g/mol. The van der Waals surface area contributed by atoms with Crippen LogP contribution in [-0.2, 0) is 0 Å². The summed E-state index contributed by atoms with van der Waals surface area (Å²) >= 11 is 1.80. The van der Waals surface area contributed by atoms with Crippen LogP contribution in [0.5, 0.6) is 0 Å². The van der Waals surface area contributed by atoms with E-state index in [0.717, 1.165) is 5.92 Å². The molecule has 0 aromatic carbocycles. The Morgan fingerprint density at radius 1 is 1.50 bits per heavy atom. The van der Waals surface area contributed by atoms with Crippen molar-refractivity contribution >= 4 is 11.3 Å². The van der Waals surface area contributed by atoms with E-state index in [1.165, 1.54) is 37.7 Å². The van der Waals surface area contributed by atoms with Gasteiger partial charge >= 0.3 is 0 Å². The summed E-state index contributed by atoms with van der Waals surface area (Å²) in [6, 6.07) is 2.84. The molecule has 2 rings (SSSR count). The highest BCUT2D eigenvalue weighted by Crippen LogP contribution is 2.33. The first-order valence-corrected chi connectivity index (χ1v) is 6.54. The highest BCUT2D eigenvalue weighted by molar-refractivity contribution is 7.07. The van der Waals surface area contributed by atoms with Crippen LogP contribution in [0.25, 0.3) is 0 Å². The molecule has 1 atom stereocenters. The molecule has 1 aromatic heterocycles. The quantitative estimate of drug-likeness (QED) is 0.799. The van der Waals surface area contributed by atoms with Crippen molar-refractivity contribution in [3.63, 3.8) is 0 Å². The van der Waals surface area contributed by atoms with Gasteiger partial charge in [0.15, 0.2) is 0 Å². The zero-order valence-electron chi connectivity index (χ0n) is 8.83. The third-order valence-corrected chi connectivity index (χ3v) is 4.04. The summed E-state index contributed by atoms with van der Waals surface area (Å²) < 4.78 is 0. The van der Waals surface area contributed by atoms with Gasteiger partial charge in [0.2, 0.25) is 0 Å². The first-order valence-electron chi connectivity index (χ1n) is 5.59. The maximum absolute atomic E-state index is 3.44. The number of rotatable bonds is 4. The number of nitrogens with one attached hydrogen (secondary N) is 1. The smallest absolute Gasteiger partial charge is 0.0328 e. The molecule has 1 aliphatic rings. The molecule has 0 saturated heterocycles. The lowest BCUT2D eigenvalue weighted by molar-refractivity contribution is 0.414. The van der Waals surface area contributed by atoms with E-state index in [1.807, 2.05) is 0 Å². The van der Waals surface area contributed by atoms with Gasteiger partial charge in [-0.05, 0) is 41.8 Å². The maximum atomic E-state index is 3.44. The van der Waals surface area contributed by atoms with E-state index in [4.69, 9.17) is 0 Å². The topological polar surface area (TPSA) is 12.0 Å². The average Bonchev–Trinajstić information content (AvgIpc) is 2.86. The maximum Gasteiger partial charge on any atom is 0.0328 e. The zero-order valence-corrected chi connectivity index (χ0v) is 9.65. The predicted molar refractivity (Wildman–Crippen MR) is 62.7 cm³/mol. The van der Waals surface area contributed by atoms with Gasteiger partial charge < -0.3 is 5.32 Å². The summed E-state index contributed by atoms with van der Waals surface area (Å²) in [6.07, 6.45) is 7.12. The standard InChI is InChI=1S/C12H19NS/c1-13-12(11-6-7-14-9-11)8-10-4-2-3-5-10/h6-7,9-10,12-13H,2-5,8H2,1H3. The summed E-state index contributed by atoms with van der Waals surface area (Å²) in [4.78, 5) is 0. The Kier molecular flexibility index (Phi) is 3.60. The molecule has 1 saturated carbocycles. The van der Waals surface area contributed by atoms with Gasteiger partial charge in [-0.15, -0.1) is 0 Å². The molecule has 1 unspecified atom stereocenters. The van der Waals surface area contributed by atoms with Gasteiger partial charge in [0.1, 0.15) is 0 Å². The molecular weight excluding hydrogens is 190 g/mol. The minimum absolute atomic E-state index is 0.587. The van der Waals surface area contributed by atoms with Crippen molar-refractivity contribution in [3.05, 3.63) is 22.4 Å². The molecule has 0 bridgehead atoms. The Balaban J connectivity index is 1.93. The largest absolute Gasteiger partial charge is 0.313 e. The monoisotopic (exact) mass is 209 g/mol. The van der Waals surface area contributed by atoms with E-state index in [0.29, 0.717) is 6.04 Å². The van der Waals surface area contributed by atoms with Crippen molar-refractivity contribution in [1.29, 1.82) is 0 Å². The molecule has 0 radical (unpaired) electrons. The molecule has 1 nitrogen and oxygen atoms in total. The molecule has 0 amide bonds.